The van der Waals surface area contributed by atoms with Crippen LogP contribution in [0.2, 0.25) is 0 Å². The SMILES string of the molecule is CCOc1ccc(/C(Cl)=C(/C#N)c2cccnc2)cc1. The van der Waals surface area contributed by atoms with Crippen LogP contribution >= 0.6 is 11.6 Å². The maximum Gasteiger partial charge on any atom is 0.119 e. The van der Waals surface area contributed by atoms with E-state index < -0.39 is 0 Å². The molecule has 4 heteroatoms. The highest BCUT2D eigenvalue weighted by Crippen LogP contribution is 2.29. The fourth-order valence-electron chi connectivity index (χ4n) is 1.76. The van der Waals surface area contributed by atoms with Gasteiger partial charge in [-0.3, -0.25) is 4.98 Å². The van der Waals surface area contributed by atoms with Crippen molar-refractivity contribution in [3.63, 3.8) is 0 Å². The Hall–Kier alpha value is -2.31. The number of benzene rings is 1. The molecule has 0 radical (unpaired) electrons. The molecule has 0 bridgehead atoms. The van der Waals surface area contributed by atoms with Gasteiger partial charge in [-0.2, -0.15) is 5.26 Å². The van der Waals surface area contributed by atoms with Crippen LogP contribution in [0.15, 0.2) is 48.8 Å². The molecule has 0 spiro atoms. The van der Waals surface area contributed by atoms with Crippen molar-refractivity contribution in [2.24, 2.45) is 0 Å². The molecule has 0 saturated carbocycles. The lowest BCUT2D eigenvalue weighted by atomic mass is 10.1. The lowest BCUT2D eigenvalue weighted by Crippen LogP contribution is -1.91. The molecule has 0 atom stereocenters. The van der Waals surface area contributed by atoms with E-state index in [-0.39, 0.29) is 0 Å². The van der Waals surface area contributed by atoms with E-state index in [1.807, 2.05) is 37.3 Å². The van der Waals surface area contributed by atoms with Crippen LogP contribution in [0, 0.1) is 11.3 Å². The topological polar surface area (TPSA) is 45.9 Å². The molecule has 0 aliphatic rings. The number of aromatic nitrogens is 1. The van der Waals surface area contributed by atoms with Gasteiger partial charge in [0.05, 0.1) is 17.2 Å². The summed E-state index contributed by atoms with van der Waals surface area (Å²) in [6.45, 7) is 2.54. The minimum absolute atomic E-state index is 0.406. The second-order valence-corrected chi connectivity index (χ2v) is 4.38. The van der Waals surface area contributed by atoms with E-state index in [0.717, 1.165) is 11.3 Å². The van der Waals surface area contributed by atoms with E-state index >= 15 is 0 Å². The van der Waals surface area contributed by atoms with Crippen molar-refractivity contribution in [1.29, 1.82) is 5.26 Å². The average Bonchev–Trinajstić information content (AvgIpc) is 2.50. The van der Waals surface area contributed by atoms with Gasteiger partial charge in [-0.15, -0.1) is 0 Å². The molecule has 1 aromatic carbocycles. The minimum Gasteiger partial charge on any atom is -0.494 e. The van der Waals surface area contributed by atoms with E-state index in [1.54, 1.807) is 18.5 Å². The van der Waals surface area contributed by atoms with Crippen LogP contribution in [0.25, 0.3) is 10.6 Å². The number of allylic oxidation sites excluding steroid dienone is 1. The zero-order valence-electron chi connectivity index (χ0n) is 11.0. The predicted molar refractivity (Wildman–Crippen MR) is 80.1 cm³/mol. The number of rotatable bonds is 4. The molecular weight excluding hydrogens is 272 g/mol. The standard InChI is InChI=1S/C16H13ClN2O/c1-2-20-14-7-5-12(6-8-14)16(17)15(10-18)13-4-3-9-19-11-13/h3-9,11H,2H2,1H3/b16-15+. The lowest BCUT2D eigenvalue weighted by Gasteiger charge is -2.06. The van der Waals surface area contributed by atoms with Crippen LogP contribution in [0.5, 0.6) is 5.75 Å². The maximum atomic E-state index is 9.31. The summed E-state index contributed by atoms with van der Waals surface area (Å²) in [5.74, 6) is 0.778. The molecule has 0 N–H and O–H groups in total. The van der Waals surface area contributed by atoms with Crippen LogP contribution in [0.3, 0.4) is 0 Å². The fourth-order valence-corrected chi connectivity index (χ4v) is 2.04. The van der Waals surface area contributed by atoms with Crippen molar-refractivity contribution in [1.82, 2.24) is 4.98 Å². The molecule has 0 saturated heterocycles. The minimum atomic E-state index is 0.406. The number of pyridine rings is 1. The Balaban J connectivity index is 2.39. The number of hydrogen-bond donors (Lipinski definition) is 0. The van der Waals surface area contributed by atoms with Crippen LogP contribution in [-0.2, 0) is 0 Å². The average molecular weight is 285 g/mol. The Morgan fingerprint density at radius 2 is 2.00 bits per heavy atom. The first kappa shape index (κ1) is 14.1. The van der Waals surface area contributed by atoms with Gasteiger partial charge in [0.2, 0.25) is 0 Å². The first-order valence-electron chi connectivity index (χ1n) is 6.19. The fraction of sp³-hybridized carbons (Fsp3) is 0.125. The molecule has 2 aromatic rings. The normalized spacial score (nSPS) is 11.4. The predicted octanol–water partition coefficient (Wildman–Crippen LogP) is 4.11. The molecule has 1 aromatic heterocycles. The third kappa shape index (κ3) is 3.17. The number of halogens is 1. The van der Waals surface area contributed by atoms with Crippen molar-refractivity contribution >= 4 is 22.2 Å². The van der Waals surface area contributed by atoms with E-state index in [4.69, 9.17) is 16.3 Å². The van der Waals surface area contributed by atoms with Gasteiger partial charge in [0.25, 0.3) is 0 Å². The molecule has 1 heterocycles. The van der Waals surface area contributed by atoms with Gasteiger partial charge in [0.1, 0.15) is 11.8 Å². The van der Waals surface area contributed by atoms with E-state index in [0.29, 0.717) is 22.8 Å². The second kappa shape index (κ2) is 6.74. The van der Waals surface area contributed by atoms with Gasteiger partial charge in [-0.05, 0) is 42.8 Å². The Labute approximate surface area is 123 Å². The largest absolute Gasteiger partial charge is 0.494 e. The highest BCUT2D eigenvalue weighted by Gasteiger charge is 2.09. The molecule has 0 aliphatic heterocycles. The molecular formula is C16H13ClN2O. The first-order chi connectivity index (χ1) is 9.76. The van der Waals surface area contributed by atoms with Crippen LogP contribution in [-0.4, -0.2) is 11.6 Å². The van der Waals surface area contributed by atoms with Gasteiger partial charge < -0.3 is 4.74 Å². The lowest BCUT2D eigenvalue weighted by molar-refractivity contribution is 0.340. The van der Waals surface area contributed by atoms with Gasteiger partial charge in [0, 0.05) is 18.0 Å². The number of hydrogen-bond acceptors (Lipinski definition) is 3. The summed E-state index contributed by atoms with van der Waals surface area (Å²) in [4.78, 5) is 4.00. The van der Waals surface area contributed by atoms with Gasteiger partial charge >= 0.3 is 0 Å². The maximum absolute atomic E-state index is 9.31. The Bertz CT molecular complexity index is 642. The molecule has 0 fully saturated rings. The Kier molecular flexibility index (Phi) is 4.75. The van der Waals surface area contributed by atoms with Gasteiger partial charge in [-0.1, -0.05) is 17.7 Å². The molecule has 0 aliphatic carbocycles. The smallest absolute Gasteiger partial charge is 0.119 e. The van der Waals surface area contributed by atoms with Crippen molar-refractivity contribution in [2.75, 3.05) is 6.61 Å². The summed E-state index contributed by atoms with van der Waals surface area (Å²) in [5.41, 5.74) is 1.88. The summed E-state index contributed by atoms with van der Waals surface area (Å²) < 4.78 is 5.38. The van der Waals surface area contributed by atoms with Crippen LogP contribution in [0.1, 0.15) is 18.1 Å². The zero-order valence-corrected chi connectivity index (χ0v) is 11.8. The summed E-state index contributed by atoms with van der Waals surface area (Å²) in [7, 11) is 0. The van der Waals surface area contributed by atoms with E-state index in [9.17, 15) is 5.26 Å². The number of nitrogens with zero attached hydrogens (tertiary/aromatic N) is 2. The third-order valence-corrected chi connectivity index (χ3v) is 3.11. The van der Waals surface area contributed by atoms with E-state index in [1.165, 1.54) is 0 Å². The van der Waals surface area contributed by atoms with Crippen molar-refractivity contribution in [3.05, 3.63) is 59.9 Å². The monoisotopic (exact) mass is 284 g/mol. The van der Waals surface area contributed by atoms with E-state index in [2.05, 4.69) is 11.1 Å². The zero-order chi connectivity index (χ0) is 14.4. The summed E-state index contributed by atoms with van der Waals surface area (Å²) in [6.07, 6.45) is 3.28. The highest BCUT2D eigenvalue weighted by atomic mass is 35.5. The Morgan fingerprint density at radius 3 is 2.55 bits per heavy atom. The first-order valence-corrected chi connectivity index (χ1v) is 6.57. The third-order valence-electron chi connectivity index (χ3n) is 2.70. The Morgan fingerprint density at radius 1 is 1.25 bits per heavy atom. The summed E-state index contributed by atoms with van der Waals surface area (Å²) in [6, 6.07) is 13.0. The highest BCUT2D eigenvalue weighted by molar-refractivity contribution is 6.53. The molecule has 100 valence electrons. The molecule has 20 heavy (non-hydrogen) atoms. The van der Waals surface area contributed by atoms with Gasteiger partial charge in [-0.25, -0.2) is 0 Å². The van der Waals surface area contributed by atoms with Crippen molar-refractivity contribution < 1.29 is 4.74 Å². The molecule has 2 rings (SSSR count). The van der Waals surface area contributed by atoms with Crippen molar-refractivity contribution in [3.8, 4) is 11.8 Å². The van der Waals surface area contributed by atoms with Gasteiger partial charge in [0.15, 0.2) is 0 Å². The van der Waals surface area contributed by atoms with Crippen LogP contribution < -0.4 is 4.74 Å². The summed E-state index contributed by atoms with van der Waals surface area (Å²) in [5, 5.41) is 9.71. The summed E-state index contributed by atoms with van der Waals surface area (Å²) >= 11 is 6.32. The molecule has 0 amide bonds. The van der Waals surface area contributed by atoms with Crippen LogP contribution in [0.4, 0.5) is 0 Å². The molecule has 3 nitrogen and oxygen atoms in total. The number of nitriles is 1. The number of ether oxygens (including phenoxy) is 1. The van der Waals surface area contributed by atoms with Crippen molar-refractivity contribution in [2.45, 2.75) is 6.92 Å². The quantitative estimate of drug-likeness (QED) is 0.794. The molecule has 0 unspecified atom stereocenters. The second-order valence-electron chi connectivity index (χ2n) is 4.00.